The van der Waals surface area contributed by atoms with E-state index in [-0.39, 0.29) is 28.7 Å². The van der Waals surface area contributed by atoms with Crippen LogP contribution in [0.3, 0.4) is 0 Å². The number of carbonyl (C=O) groups excluding carboxylic acids is 1. The average molecular weight is 321 g/mol. The minimum atomic E-state index is -3.38. The third kappa shape index (κ3) is 3.71. The number of rotatable bonds is 4. The SMILES string of the molecule is CN(Cc1ccccc1F)C(=O)c1cccc(S(C)(=O)=O)c1. The number of nitrogens with zero attached hydrogens (tertiary/aromatic N) is 1. The zero-order valence-corrected chi connectivity index (χ0v) is 13.1. The maximum Gasteiger partial charge on any atom is 0.253 e. The van der Waals surface area contributed by atoms with Crippen LogP contribution >= 0.6 is 0 Å². The number of sulfone groups is 1. The molecular formula is C16H16FNO3S. The van der Waals surface area contributed by atoms with Gasteiger partial charge in [-0.25, -0.2) is 12.8 Å². The van der Waals surface area contributed by atoms with Crippen molar-refractivity contribution in [1.82, 2.24) is 4.90 Å². The molecule has 6 heteroatoms. The maximum absolute atomic E-state index is 13.6. The van der Waals surface area contributed by atoms with Crippen molar-refractivity contribution in [3.63, 3.8) is 0 Å². The third-order valence-corrected chi connectivity index (χ3v) is 4.33. The fraction of sp³-hybridized carbons (Fsp3) is 0.188. The standard InChI is InChI=1S/C16H16FNO3S/c1-18(11-13-6-3-4-9-15(13)17)16(19)12-7-5-8-14(10-12)22(2,20)21/h3-10H,11H2,1-2H3. The lowest BCUT2D eigenvalue weighted by molar-refractivity contribution is 0.0783. The van der Waals surface area contributed by atoms with Gasteiger partial charge in [-0.2, -0.15) is 0 Å². The van der Waals surface area contributed by atoms with Gasteiger partial charge in [-0.1, -0.05) is 24.3 Å². The Hall–Kier alpha value is -2.21. The van der Waals surface area contributed by atoms with Crippen molar-refractivity contribution in [2.24, 2.45) is 0 Å². The monoisotopic (exact) mass is 321 g/mol. The summed E-state index contributed by atoms with van der Waals surface area (Å²) in [6.45, 7) is 0.106. The van der Waals surface area contributed by atoms with Gasteiger partial charge in [-0.15, -0.1) is 0 Å². The predicted octanol–water partition coefficient (Wildman–Crippen LogP) is 2.50. The van der Waals surface area contributed by atoms with Crippen molar-refractivity contribution in [3.8, 4) is 0 Å². The zero-order chi connectivity index (χ0) is 16.3. The number of halogens is 1. The van der Waals surface area contributed by atoms with E-state index in [0.717, 1.165) is 6.26 Å². The molecule has 0 fully saturated rings. The van der Waals surface area contributed by atoms with E-state index in [1.165, 1.54) is 35.2 Å². The third-order valence-electron chi connectivity index (χ3n) is 3.22. The van der Waals surface area contributed by atoms with E-state index in [1.807, 2.05) is 0 Å². The summed E-state index contributed by atoms with van der Waals surface area (Å²) in [5.41, 5.74) is 0.652. The second-order valence-corrected chi connectivity index (χ2v) is 7.07. The number of hydrogen-bond donors (Lipinski definition) is 0. The molecule has 2 aromatic rings. The maximum atomic E-state index is 13.6. The first kappa shape index (κ1) is 16.2. The Morgan fingerprint density at radius 3 is 2.45 bits per heavy atom. The molecule has 0 aliphatic rings. The first-order valence-electron chi connectivity index (χ1n) is 6.58. The summed E-state index contributed by atoms with van der Waals surface area (Å²) in [4.78, 5) is 13.8. The molecule has 0 aliphatic carbocycles. The normalized spacial score (nSPS) is 11.2. The molecule has 0 unspecified atom stereocenters. The van der Waals surface area contributed by atoms with E-state index in [0.29, 0.717) is 5.56 Å². The van der Waals surface area contributed by atoms with Crippen LogP contribution < -0.4 is 0 Å². The van der Waals surface area contributed by atoms with Crippen molar-refractivity contribution < 1.29 is 17.6 Å². The van der Waals surface area contributed by atoms with Crippen molar-refractivity contribution in [3.05, 3.63) is 65.5 Å². The second kappa shape index (κ2) is 6.27. The first-order valence-corrected chi connectivity index (χ1v) is 8.47. The van der Waals surface area contributed by atoms with Crippen LogP contribution in [0.4, 0.5) is 4.39 Å². The van der Waals surface area contributed by atoms with Crippen LogP contribution in [-0.4, -0.2) is 32.5 Å². The Bertz CT molecular complexity index is 803. The molecule has 2 aromatic carbocycles. The van der Waals surface area contributed by atoms with Crippen molar-refractivity contribution >= 4 is 15.7 Å². The van der Waals surface area contributed by atoms with Gasteiger partial charge in [0.15, 0.2) is 9.84 Å². The molecule has 0 aliphatic heterocycles. The van der Waals surface area contributed by atoms with Crippen LogP contribution in [0.2, 0.25) is 0 Å². The van der Waals surface area contributed by atoms with E-state index in [1.54, 1.807) is 25.2 Å². The number of carbonyl (C=O) groups is 1. The highest BCUT2D eigenvalue weighted by molar-refractivity contribution is 7.90. The molecule has 0 bridgehead atoms. The molecule has 0 aromatic heterocycles. The summed E-state index contributed by atoms with van der Waals surface area (Å²) < 4.78 is 36.7. The predicted molar refractivity (Wildman–Crippen MR) is 81.7 cm³/mol. The number of benzene rings is 2. The van der Waals surface area contributed by atoms with Gasteiger partial charge in [-0.3, -0.25) is 4.79 Å². The van der Waals surface area contributed by atoms with Crippen LogP contribution in [0.5, 0.6) is 0 Å². The molecule has 116 valence electrons. The Morgan fingerprint density at radius 1 is 1.14 bits per heavy atom. The van der Waals surface area contributed by atoms with Crippen LogP contribution in [-0.2, 0) is 16.4 Å². The molecule has 1 amide bonds. The van der Waals surface area contributed by atoms with E-state index in [9.17, 15) is 17.6 Å². The lowest BCUT2D eigenvalue weighted by Gasteiger charge is -2.18. The molecule has 0 atom stereocenters. The fourth-order valence-electron chi connectivity index (χ4n) is 2.03. The number of hydrogen-bond acceptors (Lipinski definition) is 3. The molecule has 0 heterocycles. The average Bonchev–Trinajstić information content (AvgIpc) is 2.48. The van der Waals surface area contributed by atoms with Gasteiger partial charge >= 0.3 is 0 Å². The summed E-state index contributed by atoms with van der Waals surface area (Å²) in [6.07, 6.45) is 1.08. The summed E-state index contributed by atoms with van der Waals surface area (Å²) in [5.74, 6) is -0.749. The Kier molecular flexibility index (Phi) is 4.61. The van der Waals surface area contributed by atoms with Gasteiger partial charge in [0, 0.05) is 31.0 Å². The first-order chi connectivity index (χ1) is 10.3. The number of amides is 1. The minimum Gasteiger partial charge on any atom is -0.337 e. The highest BCUT2D eigenvalue weighted by Crippen LogP contribution is 2.15. The quantitative estimate of drug-likeness (QED) is 0.869. The molecule has 2 rings (SSSR count). The molecule has 0 saturated carbocycles. The van der Waals surface area contributed by atoms with Crippen LogP contribution in [0.15, 0.2) is 53.4 Å². The molecule has 0 saturated heterocycles. The molecule has 22 heavy (non-hydrogen) atoms. The van der Waals surface area contributed by atoms with Gasteiger partial charge in [0.2, 0.25) is 0 Å². The van der Waals surface area contributed by atoms with E-state index in [2.05, 4.69) is 0 Å². The van der Waals surface area contributed by atoms with Crippen molar-refractivity contribution in [2.45, 2.75) is 11.4 Å². The lowest BCUT2D eigenvalue weighted by atomic mass is 10.1. The van der Waals surface area contributed by atoms with Crippen LogP contribution in [0, 0.1) is 5.82 Å². The van der Waals surface area contributed by atoms with Crippen molar-refractivity contribution in [1.29, 1.82) is 0 Å². The minimum absolute atomic E-state index is 0.0811. The summed E-state index contributed by atoms with van der Waals surface area (Å²) in [6, 6.07) is 12.0. The van der Waals surface area contributed by atoms with E-state index in [4.69, 9.17) is 0 Å². The van der Waals surface area contributed by atoms with Crippen molar-refractivity contribution in [2.75, 3.05) is 13.3 Å². The van der Waals surface area contributed by atoms with E-state index < -0.39 is 9.84 Å². The van der Waals surface area contributed by atoms with Gasteiger partial charge in [0.05, 0.1) is 4.90 Å². The van der Waals surface area contributed by atoms with Gasteiger partial charge in [-0.05, 0) is 24.3 Å². The molecule has 0 N–H and O–H groups in total. The molecule has 4 nitrogen and oxygen atoms in total. The molecule has 0 radical (unpaired) electrons. The van der Waals surface area contributed by atoms with Crippen LogP contribution in [0.25, 0.3) is 0 Å². The molecule has 0 spiro atoms. The summed E-state index contributed by atoms with van der Waals surface area (Å²) in [5, 5.41) is 0. The Morgan fingerprint density at radius 2 is 1.82 bits per heavy atom. The Balaban J connectivity index is 2.23. The van der Waals surface area contributed by atoms with E-state index >= 15 is 0 Å². The Labute approximate surface area is 129 Å². The smallest absolute Gasteiger partial charge is 0.253 e. The fourth-order valence-corrected chi connectivity index (χ4v) is 2.70. The largest absolute Gasteiger partial charge is 0.337 e. The van der Waals surface area contributed by atoms with Crippen LogP contribution in [0.1, 0.15) is 15.9 Å². The highest BCUT2D eigenvalue weighted by atomic mass is 32.2. The van der Waals surface area contributed by atoms with Gasteiger partial charge < -0.3 is 4.90 Å². The summed E-state index contributed by atoms with van der Waals surface area (Å²) >= 11 is 0. The topological polar surface area (TPSA) is 54.5 Å². The lowest BCUT2D eigenvalue weighted by Crippen LogP contribution is -2.26. The zero-order valence-electron chi connectivity index (χ0n) is 12.3. The molecular weight excluding hydrogens is 305 g/mol. The van der Waals surface area contributed by atoms with Gasteiger partial charge in [0.25, 0.3) is 5.91 Å². The highest BCUT2D eigenvalue weighted by Gasteiger charge is 2.16. The summed E-state index contributed by atoms with van der Waals surface area (Å²) in [7, 11) is -1.84. The van der Waals surface area contributed by atoms with Gasteiger partial charge in [0.1, 0.15) is 5.82 Å². The second-order valence-electron chi connectivity index (χ2n) is 5.05.